The number of esters is 1. The van der Waals surface area contributed by atoms with Crippen LogP contribution in [-0.2, 0) is 19.7 Å². The average Bonchev–Trinajstić information content (AvgIpc) is 3.03. The largest absolute Gasteiger partial charge is 0.468 e. The molecule has 0 unspecified atom stereocenters. The SMILES string of the molecule is COC(=O)C(C)(C)c1ccc(NC(=O)[C@@H]2CCC[C@@H]2CN)cc1.Cl. The number of hydrogen-bond acceptors (Lipinski definition) is 4. The van der Waals surface area contributed by atoms with Gasteiger partial charge in [0.1, 0.15) is 0 Å². The van der Waals surface area contributed by atoms with E-state index in [0.29, 0.717) is 6.54 Å². The van der Waals surface area contributed by atoms with E-state index >= 15 is 0 Å². The van der Waals surface area contributed by atoms with Crippen LogP contribution in [0.4, 0.5) is 5.69 Å². The Bertz CT molecular complexity index is 572. The highest BCUT2D eigenvalue weighted by Crippen LogP contribution is 2.32. The highest BCUT2D eigenvalue weighted by molar-refractivity contribution is 5.93. The molecule has 1 fully saturated rings. The van der Waals surface area contributed by atoms with Gasteiger partial charge in [-0.1, -0.05) is 18.6 Å². The topological polar surface area (TPSA) is 81.4 Å². The monoisotopic (exact) mass is 354 g/mol. The van der Waals surface area contributed by atoms with Crippen molar-refractivity contribution in [2.45, 2.75) is 38.5 Å². The van der Waals surface area contributed by atoms with Crippen LogP contribution in [0.2, 0.25) is 0 Å². The predicted octanol–water partition coefficient (Wildman–Crippen LogP) is 2.87. The molecular weight excluding hydrogens is 328 g/mol. The molecule has 1 aromatic carbocycles. The van der Waals surface area contributed by atoms with Gasteiger partial charge in [0.2, 0.25) is 5.91 Å². The van der Waals surface area contributed by atoms with Crippen molar-refractivity contribution in [3.05, 3.63) is 29.8 Å². The maximum Gasteiger partial charge on any atom is 0.315 e. The van der Waals surface area contributed by atoms with Crippen LogP contribution in [0.5, 0.6) is 0 Å². The third-order valence-electron chi connectivity index (χ3n) is 4.87. The van der Waals surface area contributed by atoms with Gasteiger partial charge in [-0.05, 0) is 56.8 Å². The number of carbonyl (C=O) groups excluding carboxylic acids is 2. The van der Waals surface area contributed by atoms with E-state index in [2.05, 4.69) is 5.32 Å². The summed E-state index contributed by atoms with van der Waals surface area (Å²) in [5.41, 5.74) is 6.61. The van der Waals surface area contributed by atoms with Gasteiger partial charge in [-0.15, -0.1) is 12.4 Å². The lowest BCUT2D eigenvalue weighted by molar-refractivity contribution is -0.146. The predicted molar refractivity (Wildman–Crippen MR) is 97.2 cm³/mol. The van der Waals surface area contributed by atoms with E-state index in [-0.39, 0.29) is 36.1 Å². The van der Waals surface area contributed by atoms with Gasteiger partial charge < -0.3 is 15.8 Å². The molecule has 0 radical (unpaired) electrons. The second-order valence-corrected chi connectivity index (χ2v) is 6.72. The molecular formula is C18H27ClN2O3. The lowest BCUT2D eigenvalue weighted by atomic mass is 9.84. The standard InChI is InChI=1S/C18H26N2O3.ClH/c1-18(2,17(22)23-3)13-7-9-14(10-8-13)20-16(21)15-6-4-5-12(15)11-19;/h7-10,12,15H,4-6,11,19H2,1-3H3,(H,20,21);1H/t12-,15-;/m1./s1. The number of nitrogens with one attached hydrogen (secondary N) is 1. The number of halogens is 1. The molecule has 2 atom stereocenters. The number of carbonyl (C=O) groups is 2. The highest BCUT2D eigenvalue weighted by atomic mass is 35.5. The van der Waals surface area contributed by atoms with E-state index in [1.807, 2.05) is 38.1 Å². The molecule has 0 heterocycles. The average molecular weight is 355 g/mol. The van der Waals surface area contributed by atoms with Gasteiger partial charge in [-0.25, -0.2) is 0 Å². The second-order valence-electron chi connectivity index (χ2n) is 6.72. The van der Waals surface area contributed by atoms with Gasteiger partial charge in [-0.2, -0.15) is 0 Å². The van der Waals surface area contributed by atoms with E-state index in [0.717, 1.165) is 30.5 Å². The van der Waals surface area contributed by atoms with Gasteiger partial charge in [0.25, 0.3) is 0 Å². The van der Waals surface area contributed by atoms with Crippen molar-refractivity contribution in [1.29, 1.82) is 0 Å². The zero-order valence-electron chi connectivity index (χ0n) is 14.5. The van der Waals surface area contributed by atoms with Crippen LogP contribution in [0.1, 0.15) is 38.7 Å². The minimum Gasteiger partial charge on any atom is -0.468 e. The van der Waals surface area contributed by atoms with Crippen molar-refractivity contribution in [1.82, 2.24) is 0 Å². The molecule has 1 saturated carbocycles. The second kappa shape index (κ2) is 8.49. The fourth-order valence-electron chi connectivity index (χ4n) is 3.24. The molecule has 6 heteroatoms. The molecule has 24 heavy (non-hydrogen) atoms. The van der Waals surface area contributed by atoms with Crippen molar-refractivity contribution in [2.75, 3.05) is 19.0 Å². The first-order valence-electron chi connectivity index (χ1n) is 8.10. The molecule has 5 nitrogen and oxygen atoms in total. The Labute approximate surface area is 149 Å². The molecule has 0 bridgehead atoms. The van der Waals surface area contributed by atoms with Gasteiger partial charge in [0.15, 0.2) is 0 Å². The van der Waals surface area contributed by atoms with Crippen molar-refractivity contribution in [3.63, 3.8) is 0 Å². The van der Waals surface area contributed by atoms with Gasteiger partial charge in [-0.3, -0.25) is 9.59 Å². The number of anilines is 1. The van der Waals surface area contributed by atoms with E-state index in [1.54, 1.807) is 0 Å². The van der Waals surface area contributed by atoms with Gasteiger partial charge in [0.05, 0.1) is 12.5 Å². The third-order valence-corrected chi connectivity index (χ3v) is 4.87. The molecule has 1 aromatic rings. The fourth-order valence-corrected chi connectivity index (χ4v) is 3.24. The van der Waals surface area contributed by atoms with Crippen molar-refractivity contribution in [2.24, 2.45) is 17.6 Å². The summed E-state index contributed by atoms with van der Waals surface area (Å²) in [6, 6.07) is 7.35. The number of amides is 1. The van der Waals surface area contributed by atoms with Crippen LogP contribution in [0.25, 0.3) is 0 Å². The Morgan fingerprint density at radius 1 is 1.25 bits per heavy atom. The molecule has 0 spiro atoms. The number of hydrogen-bond donors (Lipinski definition) is 2. The Morgan fingerprint density at radius 2 is 1.88 bits per heavy atom. The first kappa shape index (κ1) is 20.5. The van der Waals surface area contributed by atoms with E-state index < -0.39 is 5.41 Å². The molecule has 2 rings (SSSR count). The fraction of sp³-hybridized carbons (Fsp3) is 0.556. The summed E-state index contributed by atoms with van der Waals surface area (Å²) in [5, 5.41) is 2.96. The summed E-state index contributed by atoms with van der Waals surface area (Å²) < 4.78 is 4.84. The number of rotatable bonds is 5. The lowest BCUT2D eigenvalue weighted by Gasteiger charge is -2.22. The normalized spacial score (nSPS) is 20.2. The molecule has 1 aliphatic rings. The van der Waals surface area contributed by atoms with Crippen molar-refractivity contribution in [3.8, 4) is 0 Å². The van der Waals surface area contributed by atoms with Crippen molar-refractivity contribution >= 4 is 30.0 Å². The van der Waals surface area contributed by atoms with Crippen LogP contribution in [0.15, 0.2) is 24.3 Å². The minimum atomic E-state index is -0.715. The Hall–Kier alpha value is -1.59. The van der Waals surface area contributed by atoms with Crippen molar-refractivity contribution < 1.29 is 14.3 Å². The zero-order chi connectivity index (χ0) is 17.0. The third kappa shape index (κ3) is 4.28. The minimum absolute atomic E-state index is 0. The molecule has 1 amide bonds. The first-order chi connectivity index (χ1) is 10.9. The van der Waals surface area contributed by atoms with Crippen LogP contribution >= 0.6 is 12.4 Å². The van der Waals surface area contributed by atoms with E-state index in [1.165, 1.54) is 7.11 Å². The smallest absolute Gasteiger partial charge is 0.315 e. The Morgan fingerprint density at radius 3 is 2.42 bits per heavy atom. The van der Waals surface area contributed by atoms with E-state index in [9.17, 15) is 9.59 Å². The van der Waals surface area contributed by atoms with Crippen LogP contribution in [0, 0.1) is 11.8 Å². The summed E-state index contributed by atoms with van der Waals surface area (Å²) in [7, 11) is 1.38. The van der Waals surface area contributed by atoms with Gasteiger partial charge >= 0.3 is 5.97 Å². The number of benzene rings is 1. The van der Waals surface area contributed by atoms with E-state index in [4.69, 9.17) is 10.5 Å². The Balaban J connectivity index is 0.00000288. The summed E-state index contributed by atoms with van der Waals surface area (Å²) in [5.74, 6) is 0.0441. The molecule has 134 valence electrons. The highest BCUT2D eigenvalue weighted by Gasteiger charge is 2.32. The van der Waals surface area contributed by atoms with Gasteiger partial charge in [0, 0.05) is 11.6 Å². The molecule has 1 aliphatic carbocycles. The maximum atomic E-state index is 12.4. The number of ether oxygens (including phenoxy) is 1. The summed E-state index contributed by atoms with van der Waals surface area (Å²) >= 11 is 0. The van der Waals surface area contributed by atoms with Crippen LogP contribution in [0.3, 0.4) is 0 Å². The first-order valence-corrected chi connectivity index (χ1v) is 8.10. The van der Waals surface area contributed by atoms with Crippen LogP contribution < -0.4 is 11.1 Å². The number of nitrogens with two attached hydrogens (primary N) is 1. The molecule has 0 aliphatic heterocycles. The summed E-state index contributed by atoms with van der Waals surface area (Å²) in [6.07, 6.45) is 2.99. The molecule has 0 aromatic heterocycles. The molecule has 0 saturated heterocycles. The zero-order valence-corrected chi connectivity index (χ0v) is 15.3. The quantitative estimate of drug-likeness (QED) is 0.796. The molecule has 3 N–H and O–H groups in total. The summed E-state index contributed by atoms with van der Waals surface area (Å²) in [6.45, 7) is 4.19. The number of methoxy groups -OCH3 is 1. The summed E-state index contributed by atoms with van der Waals surface area (Å²) in [4.78, 5) is 24.2. The Kier molecular flexibility index (Phi) is 7.24. The van der Waals surface area contributed by atoms with Crippen LogP contribution in [-0.4, -0.2) is 25.5 Å². The lowest BCUT2D eigenvalue weighted by Crippen LogP contribution is -2.30. The maximum absolute atomic E-state index is 12.4.